The number of rotatable bonds is 20. The number of hydrogen-bond acceptors (Lipinski definition) is 3. The van der Waals surface area contributed by atoms with Crippen LogP contribution in [-0.2, 0) is 14.4 Å². The van der Waals surface area contributed by atoms with Crippen molar-refractivity contribution in [1.29, 1.82) is 0 Å². The normalized spacial score (nSPS) is 16.4. The van der Waals surface area contributed by atoms with E-state index in [4.69, 9.17) is 0 Å². The van der Waals surface area contributed by atoms with Crippen LogP contribution in [0, 0.1) is 17.8 Å². The Labute approximate surface area is 194 Å². The highest BCUT2D eigenvalue weighted by Gasteiger charge is 2.31. The molecule has 3 unspecified atom stereocenters. The fraction of sp³-hybridized carbons (Fsp3) is 0.800. The van der Waals surface area contributed by atoms with Gasteiger partial charge in [-0.15, -0.1) is 0 Å². The summed E-state index contributed by atoms with van der Waals surface area (Å²) in [6.07, 6.45) is 12.8. The fourth-order valence-corrected chi connectivity index (χ4v) is 3.66. The Morgan fingerprint density at radius 1 is 0.688 bits per heavy atom. The fourth-order valence-electron chi connectivity index (χ4n) is 3.66. The molecule has 0 saturated carbocycles. The molecule has 0 saturated heterocycles. The van der Waals surface area contributed by atoms with Crippen LogP contribution in [0.15, 0.2) is 12.2 Å². The summed E-state index contributed by atoms with van der Waals surface area (Å²) < 4.78 is 0.527. The van der Waals surface area contributed by atoms with Gasteiger partial charge in [0.25, 0.3) is 0 Å². The number of hydrogen-bond donors (Lipinski definition) is 3. The summed E-state index contributed by atoms with van der Waals surface area (Å²) in [5.74, 6) is -4.02. The van der Waals surface area contributed by atoms with Gasteiger partial charge in [-0.25, -0.2) is 0 Å². The topological polar surface area (TPSA) is 112 Å². The maximum absolute atomic E-state index is 11.4. The van der Waals surface area contributed by atoms with Crippen molar-refractivity contribution >= 4 is 17.9 Å². The highest BCUT2D eigenvalue weighted by Crippen LogP contribution is 2.20. The maximum atomic E-state index is 11.4. The van der Waals surface area contributed by atoms with E-state index < -0.39 is 35.7 Å². The molecule has 0 aromatic heterocycles. The van der Waals surface area contributed by atoms with Gasteiger partial charge in [-0.3, -0.25) is 14.4 Å². The molecule has 0 aliphatic carbocycles. The minimum absolute atomic E-state index is 0.475. The number of quaternary nitrogens is 1. The lowest BCUT2D eigenvalue weighted by atomic mass is 10.0. The predicted molar refractivity (Wildman–Crippen MR) is 126 cm³/mol. The summed E-state index contributed by atoms with van der Waals surface area (Å²) in [7, 11) is 0. The molecule has 0 aromatic rings. The summed E-state index contributed by atoms with van der Waals surface area (Å²) in [5.41, 5.74) is 0. The van der Waals surface area contributed by atoms with Gasteiger partial charge in [-0.2, -0.15) is 0 Å². The molecule has 3 atom stereocenters. The molecule has 0 aromatic carbocycles. The van der Waals surface area contributed by atoms with Crippen molar-refractivity contribution in [2.75, 3.05) is 26.2 Å². The van der Waals surface area contributed by atoms with Gasteiger partial charge < -0.3 is 19.8 Å². The van der Waals surface area contributed by atoms with Crippen LogP contribution in [0.4, 0.5) is 0 Å². The average Bonchev–Trinajstić information content (AvgIpc) is 2.75. The summed E-state index contributed by atoms with van der Waals surface area (Å²) in [5, 5.41) is 28.0. The number of carbonyl (C=O) groups is 3. The number of aliphatic carboxylic acids is 3. The van der Waals surface area contributed by atoms with E-state index in [-0.39, 0.29) is 0 Å². The number of carboxylic acid groups (broad SMARTS) is 3. The smallest absolute Gasteiger partial charge is 0.306 e. The highest BCUT2D eigenvalue weighted by molar-refractivity contribution is 5.70. The lowest BCUT2D eigenvalue weighted by Crippen LogP contribution is -2.52. The van der Waals surface area contributed by atoms with E-state index in [1.807, 2.05) is 0 Å². The lowest BCUT2D eigenvalue weighted by molar-refractivity contribution is -0.924. The third-order valence-corrected chi connectivity index (χ3v) is 6.51. The van der Waals surface area contributed by atoms with Crippen molar-refractivity contribution in [3.8, 4) is 0 Å². The molecule has 0 aliphatic rings. The third kappa shape index (κ3) is 13.5. The maximum Gasteiger partial charge on any atom is 0.306 e. The van der Waals surface area contributed by atoms with Crippen LogP contribution in [0.2, 0.25) is 0 Å². The minimum Gasteiger partial charge on any atom is -0.481 e. The molecule has 0 radical (unpaired) electrons. The first kappa shape index (κ1) is 30.1. The lowest BCUT2D eigenvalue weighted by Gasteiger charge is -2.39. The van der Waals surface area contributed by atoms with Gasteiger partial charge in [0, 0.05) is 19.3 Å². The van der Waals surface area contributed by atoms with E-state index in [0.29, 0.717) is 49.9 Å². The molecule has 7 nitrogen and oxygen atoms in total. The van der Waals surface area contributed by atoms with Crippen molar-refractivity contribution in [3.63, 3.8) is 0 Å². The largest absolute Gasteiger partial charge is 0.481 e. The second kappa shape index (κ2) is 16.7. The average molecular weight is 457 g/mol. The molecule has 0 aliphatic heterocycles. The first-order valence-electron chi connectivity index (χ1n) is 12.2. The summed E-state index contributed by atoms with van der Waals surface area (Å²) >= 11 is 0. The number of nitrogens with zero attached hydrogens (tertiary/aromatic N) is 1. The SMILES string of the molecule is CCCCCCC/C=C/C[N+](CCC(C)C(=O)O)(CCC(C)C(=O)O)CCC(C)C(=O)O. The molecule has 0 rings (SSSR count). The van der Waals surface area contributed by atoms with Gasteiger partial charge in [0.1, 0.15) is 0 Å². The van der Waals surface area contributed by atoms with Crippen LogP contribution in [-0.4, -0.2) is 63.9 Å². The zero-order chi connectivity index (χ0) is 24.6. The van der Waals surface area contributed by atoms with Gasteiger partial charge in [0.2, 0.25) is 0 Å². The Kier molecular flexibility index (Phi) is 15.7. The van der Waals surface area contributed by atoms with Crippen LogP contribution in [0.3, 0.4) is 0 Å². The molecule has 32 heavy (non-hydrogen) atoms. The van der Waals surface area contributed by atoms with Crippen LogP contribution >= 0.6 is 0 Å². The van der Waals surface area contributed by atoms with Crippen LogP contribution < -0.4 is 0 Å². The molecule has 0 heterocycles. The number of unbranched alkanes of at least 4 members (excludes halogenated alkanes) is 5. The van der Waals surface area contributed by atoms with Crippen molar-refractivity contribution in [3.05, 3.63) is 12.2 Å². The van der Waals surface area contributed by atoms with E-state index in [1.54, 1.807) is 20.8 Å². The minimum atomic E-state index is -0.844. The molecule has 0 spiro atoms. The van der Waals surface area contributed by atoms with Crippen LogP contribution in [0.25, 0.3) is 0 Å². The van der Waals surface area contributed by atoms with Crippen molar-refractivity contribution in [2.24, 2.45) is 17.8 Å². The van der Waals surface area contributed by atoms with Gasteiger partial charge in [-0.05, 0) is 18.9 Å². The second-order valence-corrected chi connectivity index (χ2v) is 9.45. The van der Waals surface area contributed by atoms with E-state index in [1.165, 1.54) is 25.7 Å². The van der Waals surface area contributed by atoms with Crippen molar-refractivity contribution in [1.82, 2.24) is 0 Å². The van der Waals surface area contributed by atoms with E-state index in [2.05, 4.69) is 19.1 Å². The van der Waals surface area contributed by atoms with E-state index in [0.717, 1.165) is 12.8 Å². The first-order valence-corrected chi connectivity index (χ1v) is 12.2. The molecular weight excluding hydrogens is 410 g/mol. The molecular formula is C25H46NO6+. The second-order valence-electron chi connectivity index (χ2n) is 9.45. The predicted octanol–water partition coefficient (Wildman–Crippen LogP) is 5.05. The zero-order valence-electron chi connectivity index (χ0n) is 20.6. The molecule has 0 bridgehead atoms. The van der Waals surface area contributed by atoms with Gasteiger partial charge in [0.15, 0.2) is 0 Å². The van der Waals surface area contributed by atoms with Crippen LogP contribution in [0.1, 0.15) is 85.5 Å². The number of carboxylic acids is 3. The van der Waals surface area contributed by atoms with Gasteiger partial charge >= 0.3 is 17.9 Å². The molecule has 3 N–H and O–H groups in total. The van der Waals surface area contributed by atoms with E-state index in [9.17, 15) is 29.7 Å². The first-order chi connectivity index (χ1) is 15.0. The Balaban J connectivity index is 5.34. The summed E-state index contributed by atoms with van der Waals surface area (Å²) in [4.78, 5) is 34.1. The van der Waals surface area contributed by atoms with Gasteiger partial charge in [-0.1, -0.05) is 59.5 Å². The molecule has 0 amide bonds. The quantitative estimate of drug-likeness (QED) is 0.134. The van der Waals surface area contributed by atoms with E-state index >= 15 is 0 Å². The standard InChI is InChI=1S/C25H45NO6/c1-5-6-7-8-9-10-11-12-16-26(17-13-20(2)23(27)28,18-14-21(3)24(29)30)19-15-22(4)25(31)32/h11-12,20-22H,5-10,13-19H2,1-4H3,(H2-,27,28,29,30,31,32)/p+1/b12-11+. The van der Waals surface area contributed by atoms with Crippen molar-refractivity contribution < 1.29 is 34.2 Å². The Hall–Kier alpha value is -1.89. The zero-order valence-corrected chi connectivity index (χ0v) is 20.6. The Bertz CT molecular complexity index is 529. The Morgan fingerprint density at radius 3 is 1.47 bits per heavy atom. The summed E-state index contributed by atoms with van der Waals surface area (Å²) in [6.45, 7) is 9.68. The van der Waals surface area contributed by atoms with Gasteiger partial charge in [0.05, 0.1) is 43.9 Å². The highest BCUT2D eigenvalue weighted by atomic mass is 16.4. The Morgan fingerprint density at radius 2 is 1.09 bits per heavy atom. The summed E-state index contributed by atoms with van der Waals surface area (Å²) in [6, 6.07) is 0. The third-order valence-electron chi connectivity index (χ3n) is 6.51. The molecule has 186 valence electrons. The molecule has 7 heteroatoms. The van der Waals surface area contributed by atoms with Crippen LogP contribution in [0.5, 0.6) is 0 Å². The van der Waals surface area contributed by atoms with Crippen molar-refractivity contribution in [2.45, 2.75) is 85.5 Å². The molecule has 0 fully saturated rings. The monoisotopic (exact) mass is 456 g/mol. The number of allylic oxidation sites excluding steroid dienone is 1.